The summed E-state index contributed by atoms with van der Waals surface area (Å²) in [7, 11) is 1.67. The first-order chi connectivity index (χ1) is 14.0. The van der Waals surface area contributed by atoms with E-state index in [0.29, 0.717) is 23.0 Å². The topological polar surface area (TPSA) is 68.7 Å². The molecule has 3 aromatic rings. The molecule has 0 N–H and O–H groups in total. The zero-order valence-corrected chi connectivity index (χ0v) is 17.3. The Labute approximate surface area is 175 Å². The highest BCUT2D eigenvalue weighted by atomic mass is 32.1. The summed E-state index contributed by atoms with van der Waals surface area (Å²) in [4.78, 5) is 31.0. The summed E-state index contributed by atoms with van der Waals surface area (Å²) in [5.74, 6) is -0.575. The number of benzene rings is 1. The van der Waals surface area contributed by atoms with E-state index in [2.05, 4.69) is 4.98 Å². The molecule has 0 fully saturated rings. The molecule has 1 amide bonds. The number of likely N-dealkylation sites (N-methyl/N-ethyl adjacent to an activating group) is 1. The average Bonchev–Trinajstić information content (AvgIpc) is 3.37. The van der Waals surface area contributed by atoms with E-state index in [1.807, 2.05) is 17.5 Å². The van der Waals surface area contributed by atoms with E-state index < -0.39 is 5.97 Å². The van der Waals surface area contributed by atoms with Gasteiger partial charge in [-0.2, -0.15) is 0 Å². The van der Waals surface area contributed by atoms with E-state index in [0.717, 1.165) is 4.88 Å². The van der Waals surface area contributed by atoms with E-state index in [9.17, 15) is 14.0 Å². The molecule has 1 aromatic carbocycles. The van der Waals surface area contributed by atoms with Gasteiger partial charge < -0.3 is 14.4 Å². The van der Waals surface area contributed by atoms with Crippen LogP contribution in [0.4, 0.5) is 4.39 Å². The summed E-state index contributed by atoms with van der Waals surface area (Å²) < 4.78 is 23.5. The molecule has 0 saturated heterocycles. The Morgan fingerprint density at radius 2 is 1.97 bits per heavy atom. The lowest BCUT2D eigenvalue weighted by Crippen LogP contribution is -2.30. The fourth-order valence-corrected chi connectivity index (χ4v) is 3.81. The summed E-state index contributed by atoms with van der Waals surface area (Å²) in [6.45, 7) is 0.403. The Kier molecular flexibility index (Phi) is 7.31. The monoisotopic (exact) mass is 434 g/mol. The van der Waals surface area contributed by atoms with Crippen LogP contribution in [0.3, 0.4) is 0 Å². The first-order valence-electron chi connectivity index (χ1n) is 8.73. The number of thiazole rings is 1. The molecule has 29 heavy (non-hydrogen) atoms. The van der Waals surface area contributed by atoms with Gasteiger partial charge in [-0.25, -0.2) is 9.37 Å². The van der Waals surface area contributed by atoms with Crippen molar-refractivity contribution in [3.63, 3.8) is 0 Å². The number of esters is 1. The van der Waals surface area contributed by atoms with Crippen molar-refractivity contribution in [2.75, 3.05) is 13.7 Å². The first-order valence-corrected chi connectivity index (χ1v) is 10.5. The fraction of sp³-hybridized carbons (Fsp3) is 0.250. The van der Waals surface area contributed by atoms with Crippen molar-refractivity contribution in [3.8, 4) is 5.75 Å². The van der Waals surface area contributed by atoms with Gasteiger partial charge in [0.15, 0.2) is 6.61 Å². The van der Waals surface area contributed by atoms with Crippen LogP contribution in [0.15, 0.2) is 47.2 Å². The van der Waals surface area contributed by atoms with Gasteiger partial charge in [-0.15, -0.1) is 22.7 Å². The maximum Gasteiger partial charge on any atom is 0.312 e. The third kappa shape index (κ3) is 6.65. The highest BCUT2D eigenvalue weighted by Gasteiger charge is 2.14. The van der Waals surface area contributed by atoms with Crippen LogP contribution in [0.1, 0.15) is 15.6 Å². The molecule has 0 bridgehead atoms. The predicted molar refractivity (Wildman–Crippen MR) is 108 cm³/mol. The van der Waals surface area contributed by atoms with Gasteiger partial charge in [0.25, 0.3) is 5.91 Å². The first kappa shape index (κ1) is 20.9. The number of ether oxygens (including phenoxy) is 2. The second-order valence-electron chi connectivity index (χ2n) is 6.14. The number of carbonyl (C=O) groups excluding carboxylic acids is 2. The molecule has 0 radical (unpaired) electrons. The van der Waals surface area contributed by atoms with Crippen LogP contribution in [-0.2, 0) is 33.9 Å². The van der Waals surface area contributed by atoms with Crippen LogP contribution in [0, 0.1) is 5.82 Å². The summed E-state index contributed by atoms with van der Waals surface area (Å²) >= 11 is 2.92. The number of aromatic nitrogens is 1. The molecule has 0 aliphatic rings. The molecule has 0 spiro atoms. The second-order valence-corrected chi connectivity index (χ2v) is 8.12. The molecule has 2 aromatic heterocycles. The Morgan fingerprint density at radius 1 is 1.17 bits per heavy atom. The Balaban J connectivity index is 1.40. The van der Waals surface area contributed by atoms with Gasteiger partial charge in [0, 0.05) is 17.3 Å². The number of halogens is 1. The smallest absolute Gasteiger partial charge is 0.312 e. The zero-order chi connectivity index (χ0) is 20.6. The van der Waals surface area contributed by atoms with E-state index in [1.165, 1.54) is 40.5 Å². The minimum Gasteiger partial charge on any atom is -0.486 e. The quantitative estimate of drug-likeness (QED) is 0.481. The van der Waals surface area contributed by atoms with Gasteiger partial charge in [-0.1, -0.05) is 6.07 Å². The minimum absolute atomic E-state index is 0.0189. The summed E-state index contributed by atoms with van der Waals surface area (Å²) in [5, 5.41) is 4.37. The SMILES string of the molecule is CN(Cc1cccs1)C(=O)COC(=O)Cc1csc(COc2ccc(F)cc2)n1. The highest BCUT2D eigenvalue weighted by Crippen LogP contribution is 2.16. The normalized spacial score (nSPS) is 10.6. The number of amides is 1. The van der Waals surface area contributed by atoms with Crippen LogP contribution in [0.5, 0.6) is 5.75 Å². The average molecular weight is 435 g/mol. The highest BCUT2D eigenvalue weighted by molar-refractivity contribution is 7.10. The number of thiophene rings is 1. The Bertz CT molecular complexity index is 942. The molecule has 0 aliphatic heterocycles. The minimum atomic E-state index is -0.515. The number of hydrogen-bond donors (Lipinski definition) is 0. The van der Waals surface area contributed by atoms with Gasteiger partial charge in [-0.05, 0) is 35.7 Å². The van der Waals surface area contributed by atoms with Crippen LogP contribution in [-0.4, -0.2) is 35.4 Å². The van der Waals surface area contributed by atoms with Gasteiger partial charge in [0.05, 0.1) is 18.7 Å². The summed E-state index contributed by atoms with van der Waals surface area (Å²) in [5.41, 5.74) is 0.553. The molecular weight excluding hydrogens is 415 g/mol. The number of nitrogens with zero attached hydrogens (tertiary/aromatic N) is 2. The maximum absolute atomic E-state index is 12.9. The van der Waals surface area contributed by atoms with Crippen molar-refractivity contribution in [1.82, 2.24) is 9.88 Å². The molecule has 6 nitrogen and oxygen atoms in total. The van der Waals surface area contributed by atoms with Crippen molar-refractivity contribution in [3.05, 3.63) is 68.6 Å². The maximum atomic E-state index is 12.9. The molecule has 0 unspecified atom stereocenters. The molecular formula is C20H19FN2O4S2. The molecule has 2 heterocycles. The van der Waals surface area contributed by atoms with Crippen molar-refractivity contribution in [2.24, 2.45) is 0 Å². The predicted octanol–water partition coefficient (Wildman–Crippen LogP) is 3.67. The van der Waals surface area contributed by atoms with E-state index in [-0.39, 0.29) is 31.4 Å². The molecule has 9 heteroatoms. The van der Waals surface area contributed by atoms with Gasteiger partial charge in [-0.3, -0.25) is 9.59 Å². The largest absolute Gasteiger partial charge is 0.486 e. The molecule has 152 valence electrons. The summed E-state index contributed by atoms with van der Waals surface area (Å²) in [6, 6.07) is 9.57. The van der Waals surface area contributed by atoms with Gasteiger partial charge in [0.2, 0.25) is 0 Å². The lowest BCUT2D eigenvalue weighted by Gasteiger charge is -2.16. The van der Waals surface area contributed by atoms with E-state index in [4.69, 9.17) is 9.47 Å². The summed E-state index contributed by atoms with van der Waals surface area (Å²) in [6.07, 6.45) is -0.0189. The molecule has 0 atom stereocenters. The van der Waals surface area contributed by atoms with Crippen LogP contribution >= 0.6 is 22.7 Å². The molecule has 0 aliphatic carbocycles. The van der Waals surface area contributed by atoms with Crippen LogP contribution in [0.2, 0.25) is 0 Å². The molecule has 0 saturated carbocycles. The third-order valence-electron chi connectivity index (χ3n) is 3.86. The van der Waals surface area contributed by atoms with E-state index in [1.54, 1.807) is 23.8 Å². The Morgan fingerprint density at radius 3 is 2.69 bits per heavy atom. The van der Waals surface area contributed by atoms with E-state index >= 15 is 0 Å². The fourth-order valence-electron chi connectivity index (χ4n) is 2.35. The van der Waals surface area contributed by atoms with Crippen molar-refractivity contribution in [1.29, 1.82) is 0 Å². The third-order valence-corrected chi connectivity index (χ3v) is 5.59. The lowest BCUT2D eigenvalue weighted by atomic mass is 10.3. The number of carbonyl (C=O) groups is 2. The van der Waals surface area contributed by atoms with Crippen LogP contribution in [0.25, 0.3) is 0 Å². The van der Waals surface area contributed by atoms with Crippen molar-refractivity contribution >= 4 is 34.6 Å². The van der Waals surface area contributed by atoms with Gasteiger partial charge >= 0.3 is 5.97 Å². The zero-order valence-electron chi connectivity index (χ0n) is 15.7. The standard InChI is InChI=1S/C20H19FN2O4S2/c1-23(10-17-3-2-8-28-17)19(24)12-27-20(25)9-15-13-29-18(22-15)11-26-16-6-4-14(21)5-7-16/h2-8,13H,9-12H2,1H3. The number of rotatable bonds is 9. The Hall–Kier alpha value is -2.78. The van der Waals surface area contributed by atoms with Crippen LogP contribution < -0.4 is 4.74 Å². The van der Waals surface area contributed by atoms with Crippen molar-refractivity contribution < 1.29 is 23.5 Å². The van der Waals surface area contributed by atoms with Crippen molar-refractivity contribution in [2.45, 2.75) is 19.6 Å². The lowest BCUT2D eigenvalue weighted by molar-refractivity contribution is -0.151. The second kappa shape index (κ2) is 10.1. The molecule has 3 rings (SSSR count). The number of hydrogen-bond acceptors (Lipinski definition) is 7. The van der Waals surface area contributed by atoms with Gasteiger partial charge in [0.1, 0.15) is 23.2 Å².